The standard InChI is InChI=1S/C21H17N3OS/c1-13-7-9-15(10-8-13)23-20(25)19-18(22)16-11-12-17(24-21(16)26-19)14-5-3-2-4-6-14/h2-12H,22H2,1H3,(H,23,25). The van der Waals surface area contributed by atoms with Crippen molar-refractivity contribution in [2.45, 2.75) is 6.92 Å². The number of aryl methyl sites for hydroxylation is 1. The molecule has 0 spiro atoms. The number of rotatable bonds is 3. The molecule has 128 valence electrons. The Kier molecular flexibility index (Phi) is 4.14. The lowest BCUT2D eigenvalue weighted by Gasteiger charge is -2.04. The number of nitrogens with zero attached hydrogens (tertiary/aromatic N) is 1. The monoisotopic (exact) mass is 359 g/mol. The Morgan fingerprint density at radius 2 is 1.73 bits per heavy atom. The molecule has 2 aromatic carbocycles. The molecule has 4 aromatic rings. The number of thiophene rings is 1. The first kappa shape index (κ1) is 16.3. The van der Waals surface area contributed by atoms with Crippen LogP contribution in [-0.2, 0) is 0 Å². The van der Waals surface area contributed by atoms with E-state index in [0.29, 0.717) is 10.6 Å². The zero-order chi connectivity index (χ0) is 18.1. The molecule has 0 aliphatic heterocycles. The molecule has 0 radical (unpaired) electrons. The summed E-state index contributed by atoms with van der Waals surface area (Å²) in [5.41, 5.74) is 10.5. The van der Waals surface area contributed by atoms with Crippen LogP contribution in [0.1, 0.15) is 15.2 Å². The Hall–Kier alpha value is -3.18. The minimum atomic E-state index is -0.212. The van der Waals surface area contributed by atoms with Crippen LogP contribution >= 0.6 is 11.3 Å². The average Bonchev–Trinajstić information content (AvgIpc) is 3.00. The van der Waals surface area contributed by atoms with Crippen LogP contribution < -0.4 is 11.1 Å². The molecule has 0 saturated carbocycles. The molecule has 1 amide bonds. The fourth-order valence-electron chi connectivity index (χ4n) is 2.76. The second-order valence-corrected chi connectivity index (χ2v) is 7.08. The number of anilines is 2. The number of hydrogen-bond donors (Lipinski definition) is 2. The molecule has 2 heterocycles. The Balaban J connectivity index is 1.68. The van der Waals surface area contributed by atoms with Gasteiger partial charge in [-0.2, -0.15) is 0 Å². The Bertz CT molecular complexity index is 1090. The van der Waals surface area contributed by atoms with E-state index in [1.54, 1.807) is 0 Å². The number of fused-ring (bicyclic) bond motifs is 1. The van der Waals surface area contributed by atoms with Gasteiger partial charge in [0, 0.05) is 16.6 Å². The Morgan fingerprint density at radius 1 is 1.00 bits per heavy atom. The number of nitrogens with one attached hydrogen (secondary N) is 1. The van der Waals surface area contributed by atoms with Gasteiger partial charge in [0.25, 0.3) is 5.91 Å². The van der Waals surface area contributed by atoms with Crippen molar-refractivity contribution in [3.8, 4) is 11.3 Å². The number of nitrogens with two attached hydrogens (primary N) is 1. The molecule has 0 aliphatic carbocycles. The molecular weight excluding hydrogens is 342 g/mol. The lowest BCUT2D eigenvalue weighted by atomic mass is 10.1. The van der Waals surface area contributed by atoms with Crippen molar-refractivity contribution in [1.29, 1.82) is 0 Å². The van der Waals surface area contributed by atoms with E-state index in [1.807, 2.05) is 73.7 Å². The molecule has 0 aliphatic rings. The SMILES string of the molecule is Cc1ccc(NC(=O)c2sc3nc(-c4ccccc4)ccc3c2N)cc1. The predicted octanol–water partition coefficient (Wildman–Crippen LogP) is 5.11. The number of aromatic nitrogens is 1. The van der Waals surface area contributed by atoms with Gasteiger partial charge in [-0.15, -0.1) is 11.3 Å². The van der Waals surface area contributed by atoms with Gasteiger partial charge in [-0.1, -0.05) is 48.0 Å². The van der Waals surface area contributed by atoms with Crippen molar-refractivity contribution in [2.24, 2.45) is 0 Å². The van der Waals surface area contributed by atoms with Gasteiger partial charge in [0.15, 0.2) is 0 Å². The molecule has 4 rings (SSSR count). The number of amides is 1. The first-order valence-corrected chi connectivity index (χ1v) is 9.06. The third kappa shape index (κ3) is 3.05. The highest BCUT2D eigenvalue weighted by atomic mass is 32.1. The predicted molar refractivity (Wildman–Crippen MR) is 109 cm³/mol. The van der Waals surface area contributed by atoms with Crippen LogP contribution in [0.4, 0.5) is 11.4 Å². The van der Waals surface area contributed by atoms with Crippen LogP contribution in [0.15, 0.2) is 66.7 Å². The van der Waals surface area contributed by atoms with E-state index >= 15 is 0 Å². The fourth-order valence-corrected chi connectivity index (χ4v) is 3.75. The lowest BCUT2D eigenvalue weighted by Crippen LogP contribution is -2.11. The van der Waals surface area contributed by atoms with Crippen molar-refractivity contribution in [1.82, 2.24) is 4.98 Å². The highest BCUT2D eigenvalue weighted by Crippen LogP contribution is 2.34. The van der Waals surface area contributed by atoms with Crippen LogP contribution in [0, 0.1) is 6.92 Å². The highest BCUT2D eigenvalue weighted by Gasteiger charge is 2.18. The summed E-state index contributed by atoms with van der Waals surface area (Å²) in [6, 6.07) is 21.5. The molecule has 0 saturated heterocycles. The number of hydrogen-bond acceptors (Lipinski definition) is 4. The third-order valence-electron chi connectivity index (χ3n) is 4.18. The maximum Gasteiger partial charge on any atom is 0.267 e. The summed E-state index contributed by atoms with van der Waals surface area (Å²) in [5.74, 6) is -0.212. The summed E-state index contributed by atoms with van der Waals surface area (Å²) >= 11 is 1.32. The van der Waals surface area contributed by atoms with E-state index in [9.17, 15) is 4.79 Å². The van der Waals surface area contributed by atoms with Gasteiger partial charge < -0.3 is 11.1 Å². The van der Waals surface area contributed by atoms with E-state index in [-0.39, 0.29) is 5.91 Å². The highest BCUT2D eigenvalue weighted by molar-refractivity contribution is 7.21. The summed E-state index contributed by atoms with van der Waals surface area (Å²) in [5, 5.41) is 3.71. The van der Waals surface area contributed by atoms with Crippen molar-refractivity contribution in [3.63, 3.8) is 0 Å². The van der Waals surface area contributed by atoms with Gasteiger partial charge >= 0.3 is 0 Å². The maximum absolute atomic E-state index is 12.6. The molecule has 0 fully saturated rings. The van der Waals surface area contributed by atoms with Crippen LogP contribution in [0.2, 0.25) is 0 Å². The van der Waals surface area contributed by atoms with Gasteiger partial charge in [0.05, 0.1) is 11.4 Å². The van der Waals surface area contributed by atoms with Gasteiger partial charge in [0.2, 0.25) is 0 Å². The van der Waals surface area contributed by atoms with Crippen molar-refractivity contribution < 1.29 is 4.79 Å². The number of carbonyl (C=O) groups is 1. The summed E-state index contributed by atoms with van der Waals surface area (Å²) in [6.45, 7) is 2.01. The van der Waals surface area contributed by atoms with Crippen LogP contribution in [-0.4, -0.2) is 10.9 Å². The third-order valence-corrected chi connectivity index (χ3v) is 5.29. The minimum absolute atomic E-state index is 0.212. The molecule has 2 aromatic heterocycles. The smallest absolute Gasteiger partial charge is 0.267 e. The number of benzene rings is 2. The van der Waals surface area contributed by atoms with Crippen molar-refractivity contribution in [3.05, 3.63) is 77.2 Å². The zero-order valence-electron chi connectivity index (χ0n) is 14.2. The number of pyridine rings is 1. The van der Waals surface area contributed by atoms with E-state index in [4.69, 9.17) is 5.73 Å². The molecule has 4 nitrogen and oxygen atoms in total. The number of carbonyl (C=O) groups excluding carboxylic acids is 1. The molecule has 0 bridgehead atoms. The van der Waals surface area contributed by atoms with Crippen LogP contribution in [0.25, 0.3) is 21.5 Å². The first-order valence-electron chi connectivity index (χ1n) is 8.24. The Labute approximate surface area is 155 Å². The molecular formula is C21H17N3OS. The molecule has 0 atom stereocenters. The molecule has 5 heteroatoms. The number of nitrogen functional groups attached to an aromatic ring is 1. The van der Waals surface area contributed by atoms with Crippen molar-refractivity contribution in [2.75, 3.05) is 11.1 Å². The van der Waals surface area contributed by atoms with E-state index in [0.717, 1.165) is 32.7 Å². The summed E-state index contributed by atoms with van der Waals surface area (Å²) < 4.78 is 0. The largest absolute Gasteiger partial charge is 0.397 e. The lowest BCUT2D eigenvalue weighted by molar-refractivity contribution is 0.103. The van der Waals surface area contributed by atoms with E-state index < -0.39 is 0 Å². The second kappa shape index (κ2) is 6.61. The normalized spacial score (nSPS) is 10.8. The van der Waals surface area contributed by atoms with Crippen LogP contribution in [0.3, 0.4) is 0 Å². The van der Waals surface area contributed by atoms with Gasteiger partial charge in [-0.3, -0.25) is 4.79 Å². The fraction of sp³-hybridized carbons (Fsp3) is 0.0476. The summed E-state index contributed by atoms with van der Waals surface area (Å²) in [6.07, 6.45) is 0. The summed E-state index contributed by atoms with van der Waals surface area (Å²) in [7, 11) is 0. The van der Waals surface area contributed by atoms with Gasteiger partial charge in [-0.05, 0) is 31.2 Å². The first-order chi connectivity index (χ1) is 12.6. The molecule has 26 heavy (non-hydrogen) atoms. The topological polar surface area (TPSA) is 68.0 Å². The van der Waals surface area contributed by atoms with E-state index in [1.165, 1.54) is 11.3 Å². The average molecular weight is 359 g/mol. The zero-order valence-corrected chi connectivity index (χ0v) is 15.0. The summed E-state index contributed by atoms with van der Waals surface area (Å²) in [4.78, 5) is 18.6. The Morgan fingerprint density at radius 3 is 2.46 bits per heavy atom. The second-order valence-electron chi connectivity index (χ2n) is 6.08. The van der Waals surface area contributed by atoms with Crippen LogP contribution in [0.5, 0.6) is 0 Å². The van der Waals surface area contributed by atoms with E-state index in [2.05, 4.69) is 10.3 Å². The van der Waals surface area contributed by atoms with Crippen molar-refractivity contribution >= 4 is 38.8 Å². The minimum Gasteiger partial charge on any atom is -0.397 e. The maximum atomic E-state index is 12.6. The molecule has 0 unspecified atom stereocenters. The van der Waals surface area contributed by atoms with Gasteiger partial charge in [0.1, 0.15) is 9.71 Å². The van der Waals surface area contributed by atoms with Gasteiger partial charge in [-0.25, -0.2) is 4.98 Å². The molecule has 3 N–H and O–H groups in total. The quantitative estimate of drug-likeness (QED) is 0.534.